The molecule has 0 aromatic carbocycles. The van der Waals surface area contributed by atoms with Crippen LogP contribution in [0.25, 0.3) is 0 Å². The highest BCUT2D eigenvalue weighted by molar-refractivity contribution is 7.88. The molecule has 0 radical (unpaired) electrons. The number of carbonyl (C=O) groups excluding carboxylic acids is 1. The van der Waals surface area contributed by atoms with E-state index in [1.807, 2.05) is 11.8 Å². The molecule has 0 aliphatic carbocycles. The zero-order chi connectivity index (χ0) is 20.4. The van der Waals surface area contributed by atoms with Gasteiger partial charge in [-0.25, -0.2) is 8.42 Å². The topological polar surface area (TPSA) is 117 Å². The molecule has 2 rings (SSSR count). The molecular weight excluding hydrogens is 386 g/mol. The van der Waals surface area contributed by atoms with Crippen LogP contribution in [0.15, 0.2) is 21.8 Å². The second kappa shape index (κ2) is 11.0. The van der Waals surface area contributed by atoms with Gasteiger partial charge in [0.05, 0.1) is 12.3 Å². The van der Waals surface area contributed by atoms with Gasteiger partial charge in [0.15, 0.2) is 5.96 Å². The van der Waals surface area contributed by atoms with Crippen molar-refractivity contribution in [2.75, 3.05) is 45.9 Å². The summed E-state index contributed by atoms with van der Waals surface area (Å²) in [5, 5.41) is 6.90. The molecule has 1 fully saturated rings. The summed E-state index contributed by atoms with van der Waals surface area (Å²) >= 11 is 0. The highest BCUT2D eigenvalue weighted by Gasteiger charge is 2.28. The van der Waals surface area contributed by atoms with E-state index in [1.54, 1.807) is 13.0 Å². The molecule has 10 nitrogen and oxygen atoms in total. The first-order valence-corrected chi connectivity index (χ1v) is 11.1. The van der Waals surface area contributed by atoms with Gasteiger partial charge in [0.2, 0.25) is 10.0 Å². The molecule has 11 heteroatoms. The first-order valence-electron chi connectivity index (χ1n) is 9.52. The molecule has 1 aromatic rings. The maximum Gasteiger partial charge on any atom is 0.305 e. The van der Waals surface area contributed by atoms with Gasteiger partial charge >= 0.3 is 5.97 Å². The van der Waals surface area contributed by atoms with Crippen LogP contribution in [0, 0.1) is 0 Å². The Morgan fingerprint density at radius 3 is 2.68 bits per heavy atom. The SMILES string of the molecule is CCNC(=NCCCC(=O)OCC)N1CCN(S(=O)(=O)Cc2ccon2)CC1. The number of nitrogens with zero attached hydrogens (tertiary/aromatic N) is 4. The summed E-state index contributed by atoms with van der Waals surface area (Å²) in [5.74, 6) is 0.361. The van der Waals surface area contributed by atoms with Crippen molar-refractivity contribution in [1.29, 1.82) is 0 Å². The highest BCUT2D eigenvalue weighted by Crippen LogP contribution is 2.13. The molecule has 158 valence electrons. The van der Waals surface area contributed by atoms with Crippen LogP contribution < -0.4 is 5.32 Å². The van der Waals surface area contributed by atoms with Crippen LogP contribution in [0.5, 0.6) is 0 Å². The minimum absolute atomic E-state index is 0.161. The van der Waals surface area contributed by atoms with E-state index in [1.165, 1.54) is 10.6 Å². The summed E-state index contributed by atoms with van der Waals surface area (Å²) in [6.45, 7) is 7.21. The lowest BCUT2D eigenvalue weighted by Crippen LogP contribution is -2.53. The number of guanidine groups is 1. The second-order valence-corrected chi connectivity index (χ2v) is 8.25. The Morgan fingerprint density at radius 2 is 2.07 bits per heavy atom. The minimum Gasteiger partial charge on any atom is -0.466 e. The lowest BCUT2D eigenvalue weighted by atomic mass is 10.3. The summed E-state index contributed by atoms with van der Waals surface area (Å²) < 4.78 is 36.1. The summed E-state index contributed by atoms with van der Waals surface area (Å²) in [4.78, 5) is 18.0. The van der Waals surface area contributed by atoms with Crippen LogP contribution in [0.3, 0.4) is 0 Å². The third-order valence-corrected chi connectivity index (χ3v) is 6.01. The van der Waals surface area contributed by atoms with E-state index >= 15 is 0 Å². The van der Waals surface area contributed by atoms with E-state index in [9.17, 15) is 13.2 Å². The molecule has 2 heterocycles. The van der Waals surface area contributed by atoms with Crippen LogP contribution in [-0.4, -0.2) is 80.6 Å². The Morgan fingerprint density at radius 1 is 1.32 bits per heavy atom. The fraction of sp³-hybridized carbons (Fsp3) is 0.706. The van der Waals surface area contributed by atoms with Gasteiger partial charge in [-0.3, -0.25) is 9.79 Å². The number of carbonyl (C=O) groups is 1. The van der Waals surface area contributed by atoms with Crippen LogP contribution in [0.4, 0.5) is 0 Å². The van der Waals surface area contributed by atoms with E-state index in [0.29, 0.717) is 64.4 Å². The number of aromatic nitrogens is 1. The zero-order valence-corrected chi connectivity index (χ0v) is 17.3. The van der Waals surface area contributed by atoms with E-state index in [0.717, 1.165) is 5.96 Å². The lowest BCUT2D eigenvalue weighted by molar-refractivity contribution is -0.143. The first-order chi connectivity index (χ1) is 13.5. The Balaban J connectivity index is 1.85. The smallest absolute Gasteiger partial charge is 0.305 e. The molecule has 0 bridgehead atoms. The molecule has 1 aromatic heterocycles. The third-order valence-electron chi connectivity index (χ3n) is 4.19. The van der Waals surface area contributed by atoms with Gasteiger partial charge in [0, 0.05) is 51.8 Å². The molecule has 1 aliphatic rings. The fourth-order valence-corrected chi connectivity index (χ4v) is 4.26. The van der Waals surface area contributed by atoms with Gasteiger partial charge in [0.25, 0.3) is 0 Å². The van der Waals surface area contributed by atoms with Crippen molar-refractivity contribution in [3.63, 3.8) is 0 Å². The number of aliphatic imine (C=N–C) groups is 1. The van der Waals surface area contributed by atoms with Gasteiger partial charge in [0.1, 0.15) is 12.0 Å². The number of piperazine rings is 1. The Hall–Kier alpha value is -2.14. The van der Waals surface area contributed by atoms with E-state index in [-0.39, 0.29) is 11.7 Å². The quantitative estimate of drug-likeness (QED) is 0.267. The summed E-state index contributed by atoms with van der Waals surface area (Å²) in [5.41, 5.74) is 0.402. The van der Waals surface area contributed by atoms with Gasteiger partial charge in [-0.1, -0.05) is 5.16 Å². The Kier molecular flexibility index (Phi) is 8.71. The van der Waals surface area contributed by atoms with Crippen LogP contribution in [0.2, 0.25) is 0 Å². The molecule has 28 heavy (non-hydrogen) atoms. The van der Waals surface area contributed by atoms with Crippen LogP contribution >= 0.6 is 0 Å². The highest BCUT2D eigenvalue weighted by atomic mass is 32.2. The number of hydrogen-bond donors (Lipinski definition) is 1. The predicted octanol–water partition coefficient (Wildman–Crippen LogP) is 0.431. The number of rotatable bonds is 9. The Labute approximate surface area is 166 Å². The normalized spacial score (nSPS) is 16.2. The zero-order valence-electron chi connectivity index (χ0n) is 16.5. The predicted molar refractivity (Wildman–Crippen MR) is 104 cm³/mol. The monoisotopic (exact) mass is 415 g/mol. The minimum atomic E-state index is -3.43. The number of nitrogens with one attached hydrogen (secondary N) is 1. The van der Waals surface area contributed by atoms with Gasteiger partial charge in [-0.2, -0.15) is 4.31 Å². The van der Waals surface area contributed by atoms with Crippen molar-refractivity contribution in [2.24, 2.45) is 4.99 Å². The van der Waals surface area contributed by atoms with Crippen molar-refractivity contribution in [2.45, 2.75) is 32.4 Å². The maximum atomic E-state index is 12.5. The van der Waals surface area contributed by atoms with Crippen molar-refractivity contribution in [1.82, 2.24) is 19.7 Å². The number of ether oxygens (including phenoxy) is 1. The van der Waals surface area contributed by atoms with Gasteiger partial charge < -0.3 is 19.5 Å². The van der Waals surface area contributed by atoms with Crippen molar-refractivity contribution in [3.8, 4) is 0 Å². The van der Waals surface area contributed by atoms with Gasteiger partial charge in [-0.15, -0.1) is 0 Å². The average Bonchev–Trinajstić information content (AvgIpc) is 3.17. The van der Waals surface area contributed by atoms with Gasteiger partial charge in [-0.05, 0) is 20.3 Å². The maximum absolute atomic E-state index is 12.5. The first kappa shape index (κ1) is 22.2. The number of sulfonamides is 1. The van der Waals surface area contributed by atoms with Crippen molar-refractivity contribution >= 4 is 22.0 Å². The molecule has 0 atom stereocenters. The Bertz CT molecular complexity index is 727. The molecule has 1 aliphatic heterocycles. The molecular formula is C17H29N5O5S. The average molecular weight is 416 g/mol. The van der Waals surface area contributed by atoms with Crippen LogP contribution in [-0.2, 0) is 25.3 Å². The third kappa shape index (κ3) is 6.79. The molecule has 1 saturated heterocycles. The molecule has 0 unspecified atom stereocenters. The van der Waals surface area contributed by atoms with E-state index in [2.05, 4.69) is 15.5 Å². The summed E-state index contributed by atoms with van der Waals surface area (Å²) in [6, 6.07) is 1.56. The second-order valence-electron chi connectivity index (χ2n) is 6.28. The summed E-state index contributed by atoms with van der Waals surface area (Å²) in [6.07, 6.45) is 2.31. The largest absolute Gasteiger partial charge is 0.466 e. The molecule has 0 amide bonds. The summed E-state index contributed by atoms with van der Waals surface area (Å²) in [7, 11) is -3.43. The van der Waals surface area contributed by atoms with E-state index < -0.39 is 10.0 Å². The van der Waals surface area contributed by atoms with E-state index in [4.69, 9.17) is 9.26 Å². The standard InChI is InChI=1S/C17H29N5O5S/c1-3-18-17(19-8-5-6-16(23)26-4-2)21-9-11-22(12-10-21)28(24,25)14-15-7-13-27-20-15/h7,13H,3-6,8-12,14H2,1-2H3,(H,18,19). The lowest BCUT2D eigenvalue weighted by Gasteiger charge is -2.35. The number of hydrogen-bond acceptors (Lipinski definition) is 7. The van der Waals surface area contributed by atoms with Crippen molar-refractivity contribution < 1.29 is 22.5 Å². The fourth-order valence-electron chi connectivity index (χ4n) is 2.84. The molecule has 0 spiro atoms. The van der Waals surface area contributed by atoms with Crippen molar-refractivity contribution in [3.05, 3.63) is 18.0 Å². The van der Waals surface area contributed by atoms with Crippen LogP contribution in [0.1, 0.15) is 32.4 Å². The molecule has 0 saturated carbocycles. The molecule has 1 N–H and O–H groups in total. The number of esters is 1.